The SMILES string of the molecule is CC1CC2CCCCC2N1C(=O)[C@H]1CNC[C@@H]1c1cnn(C)c1.Cl. The van der Waals surface area contributed by atoms with Crippen LogP contribution < -0.4 is 5.32 Å². The molecule has 1 aliphatic carbocycles. The van der Waals surface area contributed by atoms with Gasteiger partial charge in [-0.1, -0.05) is 12.8 Å². The zero-order valence-electron chi connectivity index (χ0n) is 14.6. The maximum atomic E-state index is 13.4. The molecule has 2 aliphatic heterocycles. The lowest BCUT2D eigenvalue weighted by Crippen LogP contribution is -2.46. The number of carbonyl (C=O) groups is 1. The Morgan fingerprint density at radius 2 is 2.08 bits per heavy atom. The fourth-order valence-corrected chi connectivity index (χ4v) is 5.20. The maximum absolute atomic E-state index is 13.4. The predicted octanol–water partition coefficient (Wildman–Crippen LogP) is 2.32. The molecule has 3 unspecified atom stereocenters. The maximum Gasteiger partial charge on any atom is 0.228 e. The summed E-state index contributed by atoms with van der Waals surface area (Å²) in [6.45, 7) is 3.94. The molecule has 1 N–H and O–H groups in total. The van der Waals surface area contributed by atoms with E-state index in [1.54, 1.807) is 0 Å². The zero-order chi connectivity index (χ0) is 16.0. The molecule has 3 fully saturated rings. The molecule has 1 saturated carbocycles. The number of likely N-dealkylation sites (tertiary alicyclic amines) is 1. The van der Waals surface area contributed by atoms with E-state index in [1.807, 2.05) is 17.9 Å². The average Bonchev–Trinajstić information content (AvgIpc) is 3.23. The standard InChI is InChI=1S/C18H28N4O.ClH/c1-12-7-13-5-3-4-6-17(13)22(12)18(23)16-10-19-9-15(16)14-8-20-21(2)11-14;/h8,11-13,15-17,19H,3-7,9-10H2,1-2H3;1H/t12?,13?,15-,16+,17?;/m1./s1. The van der Waals surface area contributed by atoms with E-state index in [-0.39, 0.29) is 24.2 Å². The number of aryl methyl sites for hydroxylation is 1. The van der Waals surface area contributed by atoms with E-state index >= 15 is 0 Å². The summed E-state index contributed by atoms with van der Waals surface area (Å²) in [6.07, 6.45) is 10.3. The number of hydrogen-bond acceptors (Lipinski definition) is 3. The molecule has 6 heteroatoms. The van der Waals surface area contributed by atoms with Crippen LogP contribution in [0.15, 0.2) is 12.4 Å². The summed E-state index contributed by atoms with van der Waals surface area (Å²) < 4.78 is 1.84. The van der Waals surface area contributed by atoms with Gasteiger partial charge in [-0.3, -0.25) is 9.48 Å². The molecule has 3 heterocycles. The summed E-state index contributed by atoms with van der Waals surface area (Å²) in [4.78, 5) is 15.6. The fraction of sp³-hybridized carbons (Fsp3) is 0.778. The zero-order valence-corrected chi connectivity index (χ0v) is 15.5. The van der Waals surface area contributed by atoms with Crippen LogP contribution in [0.25, 0.3) is 0 Å². The van der Waals surface area contributed by atoms with Crippen LogP contribution in [0.1, 0.15) is 50.5 Å². The molecule has 3 aliphatic rings. The number of nitrogens with zero attached hydrogens (tertiary/aromatic N) is 3. The van der Waals surface area contributed by atoms with Crippen molar-refractivity contribution in [2.24, 2.45) is 18.9 Å². The molecule has 4 rings (SSSR count). The topological polar surface area (TPSA) is 50.2 Å². The Labute approximate surface area is 150 Å². The first-order chi connectivity index (χ1) is 11.1. The summed E-state index contributed by atoms with van der Waals surface area (Å²) in [5, 5.41) is 7.73. The first kappa shape index (κ1) is 17.7. The molecule has 2 saturated heterocycles. The number of amides is 1. The Bertz CT molecular complexity index is 589. The second-order valence-corrected chi connectivity index (χ2v) is 7.76. The second kappa shape index (κ2) is 7.04. The molecule has 1 aromatic rings. The van der Waals surface area contributed by atoms with Crippen molar-refractivity contribution in [3.8, 4) is 0 Å². The van der Waals surface area contributed by atoms with Crippen molar-refractivity contribution in [1.29, 1.82) is 0 Å². The molecular weight excluding hydrogens is 324 g/mol. The van der Waals surface area contributed by atoms with Crippen molar-refractivity contribution in [3.63, 3.8) is 0 Å². The van der Waals surface area contributed by atoms with E-state index < -0.39 is 0 Å². The summed E-state index contributed by atoms with van der Waals surface area (Å²) in [5.41, 5.74) is 1.20. The van der Waals surface area contributed by atoms with Gasteiger partial charge in [0.25, 0.3) is 0 Å². The molecular formula is C18H29ClN4O. The van der Waals surface area contributed by atoms with Gasteiger partial charge in [0.05, 0.1) is 12.1 Å². The molecule has 5 atom stereocenters. The van der Waals surface area contributed by atoms with Crippen LogP contribution in [-0.4, -0.2) is 45.8 Å². The number of fused-ring (bicyclic) bond motifs is 1. The van der Waals surface area contributed by atoms with Crippen molar-refractivity contribution < 1.29 is 4.79 Å². The third-order valence-corrected chi connectivity index (χ3v) is 6.28. The summed E-state index contributed by atoms with van der Waals surface area (Å²) >= 11 is 0. The smallest absolute Gasteiger partial charge is 0.228 e. The van der Waals surface area contributed by atoms with E-state index in [0.29, 0.717) is 18.0 Å². The number of halogens is 1. The van der Waals surface area contributed by atoms with Crippen LogP contribution >= 0.6 is 12.4 Å². The molecule has 0 radical (unpaired) electrons. The lowest BCUT2D eigenvalue weighted by Gasteiger charge is -2.35. The highest BCUT2D eigenvalue weighted by atomic mass is 35.5. The molecule has 0 spiro atoms. The monoisotopic (exact) mass is 352 g/mol. The van der Waals surface area contributed by atoms with Gasteiger partial charge in [-0.2, -0.15) is 5.10 Å². The predicted molar refractivity (Wildman–Crippen MR) is 96.2 cm³/mol. The van der Waals surface area contributed by atoms with Crippen LogP contribution in [0, 0.1) is 11.8 Å². The van der Waals surface area contributed by atoms with Gasteiger partial charge in [0, 0.05) is 44.3 Å². The van der Waals surface area contributed by atoms with Gasteiger partial charge in [-0.25, -0.2) is 0 Å². The minimum atomic E-state index is 0. The number of aromatic nitrogens is 2. The molecule has 0 aromatic carbocycles. The summed E-state index contributed by atoms with van der Waals surface area (Å²) in [6, 6.07) is 0.909. The van der Waals surface area contributed by atoms with Gasteiger partial charge in [0.15, 0.2) is 0 Å². The Hall–Kier alpha value is -1.07. The first-order valence-electron chi connectivity index (χ1n) is 9.16. The van der Waals surface area contributed by atoms with E-state index in [4.69, 9.17) is 0 Å². The van der Waals surface area contributed by atoms with Crippen molar-refractivity contribution in [3.05, 3.63) is 18.0 Å². The Morgan fingerprint density at radius 1 is 1.29 bits per heavy atom. The minimum absolute atomic E-state index is 0. The van der Waals surface area contributed by atoms with Crippen molar-refractivity contribution in [1.82, 2.24) is 20.0 Å². The first-order valence-corrected chi connectivity index (χ1v) is 9.16. The van der Waals surface area contributed by atoms with Crippen LogP contribution in [0.5, 0.6) is 0 Å². The molecule has 134 valence electrons. The Balaban J connectivity index is 0.00000169. The van der Waals surface area contributed by atoms with Gasteiger partial charge in [-0.05, 0) is 37.7 Å². The third-order valence-electron chi connectivity index (χ3n) is 6.28. The second-order valence-electron chi connectivity index (χ2n) is 7.76. The van der Waals surface area contributed by atoms with Crippen LogP contribution in [0.4, 0.5) is 0 Å². The van der Waals surface area contributed by atoms with Gasteiger partial charge < -0.3 is 10.2 Å². The molecule has 1 aromatic heterocycles. The number of nitrogens with one attached hydrogen (secondary N) is 1. The molecule has 1 amide bonds. The van der Waals surface area contributed by atoms with Crippen molar-refractivity contribution in [2.75, 3.05) is 13.1 Å². The summed E-state index contributed by atoms with van der Waals surface area (Å²) in [7, 11) is 1.94. The largest absolute Gasteiger partial charge is 0.336 e. The molecule has 24 heavy (non-hydrogen) atoms. The minimum Gasteiger partial charge on any atom is -0.336 e. The van der Waals surface area contributed by atoms with Gasteiger partial charge >= 0.3 is 0 Å². The Morgan fingerprint density at radius 3 is 2.83 bits per heavy atom. The number of carbonyl (C=O) groups excluding carboxylic acids is 1. The van der Waals surface area contributed by atoms with E-state index in [9.17, 15) is 4.79 Å². The van der Waals surface area contributed by atoms with E-state index in [2.05, 4.69) is 28.4 Å². The normalized spacial score (nSPS) is 35.6. The molecule has 5 nitrogen and oxygen atoms in total. The fourth-order valence-electron chi connectivity index (χ4n) is 5.20. The van der Waals surface area contributed by atoms with Gasteiger partial charge in [0.2, 0.25) is 5.91 Å². The third kappa shape index (κ3) is 2.97. The quantitative estimate of drug-likeness (QED) is 0.888. The number of hydrogen-bond donors (Lipinski definition) is 1. The van der Waals surface area contributed by atoms with Gasteiger partial charge in [0.1, 0.15) is 0 Å². The molecule has 0 bridgehead atoms. The van der Waals surface area contributed by atoms with Gasteiger partial charge in [-0.15, -0.1) is 12.4 Å². The van der Waals surface area contributed by atoms with E-state index in [0.717, 1.165) is 19.0 Å². The highest BCUT2D eigenvalue weighted by Gasteiger charge is 2.46. The lowest BCUT2D eigenvalue weighted by atomic mass is 9.84. The van der Waals surface area contributed by atoms with E-state index in [1.165, 1.54) is 37.7 Å². The highest BCUT2D eigenvalue weighted by Crippen LogP contribution is 2.41. The highest BCUT2D eigenvalue weighted by molar-refractivity contribution is 5.85. The van der Waals surface area contributed by atoms with Crippen molar-refractivity contribution >= 4 is 18.3 Å². The van der Waals surface area contributed by atoms with Crippen LogP contribution in [0.3, 0.4) is 0 Å². The van der Waals surface area contributed by atoms with Crippen molar-refractivity contribution in [2.45, 2.75) is 57.0 Å². The van der Waals surface area contributed by atoms with Crippen LogP contribution in [-0.2, 0) is 11.8 Å². The number of rotatable bonds is 2. The Kier molecular flexibility index (Phi) is 5.21. The summed E-state index contributed by atoms with van der Waals surface area (Å²) in [5.74, 6) is 1.47. The lowest BCUT2D eigenvalue weighted by molar-refractivity contribution is -0.138. The average molecular weight is 353 g/mol. The van der Waals surface area contributed by atoms with Crippen LogP contribution in [0.2, 0.25) is 0 Å².